The van der Waals surface area contributed by atoms with Crippen LogP contribution in [0.3, 0.4) is 0 Å². The van der Waals surface area contributed by atoms with Gasteiger partial charge in [0.1, 0.15) is 0 Å². The number of nitrogens with one attached hydrogen (secondary N) is 1. The average molecular weight is 260 g/mol. The number of likely N-dealkylation sites (tertiary alicyclic amines) is 1. The van der Waals surface area contributed by atoms with Gasteiger partial charge in [0.2, 0.25) is 5.91 Å². The minimum absolute atomic E-state index is 0.0371. The Morgan fingerprint density at radius 1 is 1.32 bits per heavy atom. The van der Waals surface area contributed by atoms with E-state index in [4.69, 9.17) is 0 Å². The second kappa shape index (κ2) is 5.74. The summed E-state index contributed by atoms with van der Waals surface area (Å²) in [5.41, 5.74) is 2.60. The van der Waals surface area contributed by atoms with Crippen molar-refractivity contribution in [3.05, 3.63) is 35.4 Å². The standard InChI is InChI=1S/C16H24N2O/c1-4-13-5-7-14(8-6-13)16(12-17-2)9-10-18(3)15(19)11-16/h5-8,17H,4,9-12H2,1-3H3. The maximum Gasteiger partial charge on any atom is 0.223 e. The van der Waals surface area contributed by atoms with Crippen molar-refractivity contribution in [1.29, 1.82) is 0 Å². The molecule has 1 amide bonds. The molecule has 104 valence electrons. The minimum Gasteiger partial charge on any atom is -0.346 e. The van der Waals surface area contributed by atoms with Gasteiger partial charge in [-0.25, -0.2) is 0 Å². The van der Waals surface area contributed by atoms with Gasteiger partial charge in [-0.1, -0.05) is 31.2 Å². The largest absolute Gasteiger partial charge is 0.346 e. The summed E-state index contributed by atoms with van der Waals surface area (Å²) >= 11 is 0. The third-order valence-electron chi connectivity index (χ3n) is 4.33. The lowest BCUT2D eigenvalue weighted by Crippen LogP contribution is -2.49. The number of hydrogen-bond acceptors (Lipinski definition) is 2. The van der Waals surface area contributed by atoms with Crippen LogP contribution in [0.5, 0.6) is 0 Å². The first-order valence-electron chi connectivity index (χ1n) is 7.09. The molecule has 3 nitrogen and oxygen atoms in total. The van der Waals surface area contributed by atoms with Crippen LogP contribution < -0.4 is 5.32 Å². The molecular formula is C16H24N2O. The number of likely N-dealkylation sites (N-methyl/N-ethyl adjacent to an activating group) is 1. The van der Waals surface area contributed by atoms with Gasteiger partial charge in [0.25, 0.3) is 0 Å². The maximum absolute atomic E-state index is 12.1. The molecule has 0 aromatic heterocycles. The van der Waals surface area contributed by atoms with Gasteiger partial charge in [-0.05, 0) is 31.0 Å². The van der Waals surface area contributed by atoms with Crippen molar-refractivity contribution in [3.8, 4) is 0 Å². The van der Waals surface area contributed by atoms with Gasteiger partial charge in [-0.3, -0.25) is 4.79 Å². The molecule has 1 aromatic carbocycles. The van der Waals surface area contributed by atoms with Gasteiger partial charge < -0.3 is 10.2 Å². The van der Waals surface area contributed by atoms with E-state index in [2.05, 4.69) is 36.5 Å². The number of hydrogen-bond donors (Lipinski definition) is 1. The van der Waals surface area contributed by atoms with Gasteiger partial charge in [0.15, 0.2) is 0 Å². The van der Waals surface area contributed by atoms with E-state index in [0.29, 0.717) is 6.42 Å². The SMILES string of the molecule is CCc1ccc(C2(CNC)CCN(C)C(=O)C2)cc1. The first-order chi connectivity index (χ1) is 9.11. The number of benzene rings is 1. The van der Waals surface area contributed by atoms with Crippen LogP contribution in [-0.2, 0) is 16.6 Å². The fraction of sp³-hybridized carbons (Fsp3) is 0.562. The Morgan fingerprint density at radius 3 is 2.53 bits per heavy atom. The average Bonchev–Trinajstić information content (AvgIpc) is 2.43. The number of amides is 1. The highest BCUT2D eigenvalue weighted by Crippen LogP contribution is 2.35. The molecule has 0 aliphatic carbocycles. The van der Waals surface area contributed by atoms with Crippen LogP contribution in [0.4, 0.5) is 0 Å². The molecular weight excluding hydrogens is 236 g/mol. The molecule has 0 bridgehead atoms. The number of carbonyl (C=O) groups excluding carboxylic acids is 1. The number of aryl methyl sites for hydroxylation is 1. The van der Waals surface area contributed by atoms with Crippen molar-refractivity contribution in [2.24, 2.45) is 0 Å². The molecule has 1 fully saturated rings. The summed E-state index contributed by atoms with van der Waals surface area (Å²) in [4.78, 5) is 13.9. The smallest absolute Gasteiger partial charge is 0.223 e. The first kappa shape index (κ1) is 14.1. The van der Waals surface area contributed by atoms with Crippen LogP contribution in [0.25, 0.3) is 0 Å². The van der Waals surface area contributed by atoms with E-state index in [0.717, 1.165) is 25.9 Å². The number of nitrogens with zero attached hydrogens (tertiary/aromatic N) is 1. The van der Waals surface area contributed by atoms with E-state index < -0.39 is 0 Å². The molecule has 0 saturated carbocycles. The van der Waals surface area contributed by atoms with E-state index in [1.165, 1.54) is 11.1 Å². The maximum atomic E-state index is 12.1. The van der Waals surface area contributed by atoms with Crippen LogP contribution in [0.15, 0.2) is 24.3 Å². The molecule has 19 heavy (non-hydrogen) atoms. The van der Waals surface area contributed by atoms with Crippen molar-refractivity contribution < 1.29 is 4.79 Å². The molecule has 0 spiro atoms. The Bertz CT molecular complexity index is 441. The molecule has 1 saturated heterocycles. The van der Waals surface area contributed by atoms with E-state index >= 15 is 0 Å². The highest BCUT2D eigenvalue weighted by Gasteiger charge is 2.38. The fourth-order valence-electron chi connectivity index (χ4n) is 2.95. The number of carbonyl (C=O) groups is 1. The predicted octanol–water partition coefficient (Wildman–Crippen LogP) is 1.96. The fourth-order valence-corrected chi connectivity index (χ4v) is 2.95. The second-order valence-electron chi connectivity index (χ2n) is 5.60. The van der Waals surface area contributed by atoms with E-state index in [9.17, 15) is 4.79 Å². The molecule has 1 N–H and O–H groups in total. The zero-order chi connectivity index (χ0) is 13.9. The molecule has 1 aliphatic heterocycles. The normalized spacial score (nSPS) is 23.7. The third-order valence-corrected chi connectivity index (χ3v) is 4.33. The quantitative estimate of drug-likeness (QED) is 0.897. The zero-order valence-electron chi connectivity index (χ0n) is 12.2. The van der Waals surface area contributed by atoms with Gasteiger partial charge in [0, 0.05) is 32.0 Å². The summed E-state index contributed by atoms with van der Waals surface area (Å²) in [6.07, 6.45) is 2.69. The molecule has 1 heterocycles. The number of piperidine rings is 1. The van der Waals surface area contributed by atoms with Crippen molar-refractivity contribution in [2.75, 3.05) is 27.2 Å². The molecule has 1 aromatic rings. The molecule has 1 aliphatic rings. The summed E-state index contributed by atoms with van der Waals surface area (Å²) < 4.78 is 0. The van der Waals surface area contributed by atoms with Gasteiger partial charge >= 0.3 is 0 Å². The van der Waals surface area contributed by atoms with Gasteiger partial charge in [-0.2, -0.15) is 0 Å². The number of rotatable bonds is 4. The first-order valence-corrected chi connectivity index (χ1v) is 7.09. The predicted molar refractivity (Wildman–Crippen MR) is 78.3 cm³/mol. The van der Waals surface area contributed by atoms with Crippen molar-refractivity contribution in [1.82, 2.24) is 10.2 Å². The van der Waals surface area contributed by atoms with Crippen LogP contribution in [-0.4, -0.2) is 38.0 Å². The molecule has 1 unspecified atom stereocenters. The van der Waals surface area contributed by atoms with Crippen molar-refractivity contribution in [3.63, 3.8) is 0 Å². The van der Waals surface area contributed by atoms with Crippen LogP contribution in [0.1, 0.15) is 30.9 Å². The monoisotopic (exact) mass is 260 g/mol. The lowest BCUT2D eigenvalue weighted by atomic mass is 9.72. The summed E-state index contributed by atoms with van der Waals surface area (Å²) in [7, 11) is 3.86. The van der Waals surface area contributed by atoms with E-state index in [1.54, 1.807) is 0 Å². The minimum atomic E-state index is -0.0371. The zero-order valence-corrected chi connectivity index (χ0v) is 12.2. The van der Waals surface area contributed by atoms with E-state index in [1.807, 2.05) is 19.0 Å². The third kappa shape index (κ3) is 2.81. The highest BCUT2D eigenvalue weighted by molar-refractivity contribution is 5.78. The lowest BCUT2D eigenvalue weighted by molar-refractivity contribution is -0.134. The topological polar surface area (TPSA) is 32.3 Å². The van der Waals surface area contributed by atoms with Crippen molar-refractivity contribution >= 4 is 5.91 Å². The Kier molecular flexibility index (Phi) is 4.25. The summed E-state index contributed by atoms with van der Waals surface area (Å²) in [6.45, 7) is 3.87. The molecule has 1 atom stereocenters. The Hall–Kier alpha value is -1.35. The Balaban J connectivity index is 2.30. The van der Waals surface area contributed by atoms with Gasteiger partial charge in [-0.15, -0.1) is 0 Å². The van der Waals surface area contributed by atoms with Crippen LogP contribution in [0, 0.1) is 0 Å². The van der Waals surface area contributed by atoms with Crippen molar-refractivity contribution in [2.45, 2.75) is 31.6 Å². The summed E-state index contributed by atoms with van der Waals surface area (Å²) in [6, 6.07) is 8.79. The summed E-state index contributed by atoms with van der Waals surface area (Å²) in [5.74, 6) is 0.251. The summed E-state index contributed by atoms with van der Waals surface area (Å²) in [5, 5.41) is 3.27. The lowest BCUT2D eigenvalue weighted by Gasteiger charge is -2.40. The molecule has 0 radical (unpaired) electrons. The second-order valence-corrected chi connectivity index (χ2v) is 5.60. The molecule has 2 rings (SSSR count). The van der Waals surface area contributed by atoms with E-state index in [-0.39, 0.29) is 11.3 Å². The van der Waals surface area contributed by atoms with Gasteiger partial charge in [0.05, 0.1) is 0 Å². The molecule has 3 heteroatoms. The highest BCUT2D eigenvalue weighted by atomic mass is 16.2. The van der Waals surface area contributed by atoms with Crippen LogP contribution >= 0.6 is 0 Å². The van der Waals surface area contributed by atoms with Crippen LogP contribution in [0.2, 0.25) is 0 Å². The Labute approximate surface area is 116 Å². The Morgan fingerprint density at radius 2 is 2.00 bits per heavy atom.